The molecular weight excluding hydrogens is 350 g/mol. The Kier molecular flexibility index (Phi) is 8.38. The first-order valence-corrected chi connectivity index (χ1v) is 11.2. The van der Waals surface area contributed by atoms with E-state index in [0.717, 1.165) is 5.56 Å². The predicted molar refractivity (Wildman–Crippen MR) is 105 cm³/mol. The van der Waals surface area contributed by atoms with E-state index in [9.17, 15) is 8.42 Å². The molecule has 1 aliphatic rings. The van der Waals surface area contributed by atoms with Crippen LogP contribution in [0.1, 0.15) is 44.1 Å². The summed E-state index contributed by atoms with van der Waals surface area (Å²) in [6.45, 7) is 1.96. The van der Waals surface area contributed by atoms with Crippen molar-refractivity contribution in [2.24, 2.45) is 4.99 Å². The van der Waals surface area contributed by atoms with Gasteiger partial charge in [0.1, 0.15) is 0 Å². The summed E-state index contributed by atoms with van der Waals surface area (Å²) in [5.41, 5.74) is 0.995. The lowest BCUT2D eigenvalue weighted by atomic mass is 10.1. The number of benzene rings is 1. The SMILES string of the molecule is CN=C(NCCOC1CCCCCC1)NCc1ccc(S(C)(=O)=O)cc1. The second-order valence-corrected chi connectivity index (χ2v) is 8.77. The van der Waals surface area contributed by atoms with Crippen LogP contribution >= 0.6 is 0 Å². The third kappa shape index (κ3) is 7.33. The number of ether oxygens (including phenoxy) is 1. The molecule has 1 saturated carbocycles. The van der Waals surface area contributed by atoms with Gasteiger partial charge in [0.05, 0.1) is 17.6 Å². The fourth-order valence-electron chi connectivity index (χ4n) is 3.06. The third-order valence-electron chi connectivity index (χ3n) is 4.59. The van der Waals surface area contributed by atoms with Crippen molar-refractivity contribution >= 4 is 15.8 Å². The van der Waals surface area contributed by atoms with Crippen LogP contribution in [0.15, 0.2) is 34.2 Å². The fraction of sp³-hybridized carbons (Fsp3) is 0.632. The molecule has 0 saturated heterocycles. The zero-order valence-electron chi connectivity index (χ0n) is 15.8. The number of guanidine groups is 1. The molecule has 0 aromatic heterocycles. The van der Waals surface area contributed by atoms with E-state index in [0.29, 0.717) is 36.7 Å². The fourth-order valence-corrected chi connectivity index (χ4v) is 3.69. The van der Waals surface area contributed by atoms with E-state index in [-0.39, 0.29) is 0 Å². The van der Waals surface area contributed by atoms with Crippen LogP contribution in [-0.2, 0) is 21.1 Å². The molecule has 0 bridgehead atoms. The Bertz CT molecular complexity index is 664. The molecule has 0 spiro atoms. The maximum atomic E-state index is 11.5. The van der Waals surface area contributed by atoms with Crippen LogP contribution in [0.25, 0.3) is 0 Å². The Balaban J connectivity index is 1.69. The number of sulfone groups is 1. The number of nitrogens with one attached hydrogen (secondary N) is 2. The van der Waals surface area contributed by atoms with Crippen molar-refractivity contribution in [2.75, 3.05) is 26.5 Å². The smallest absolute Gasteiger partial charge is 0.191 e. The van der Waals surface area contributed by atoms with Crippen molar-refractivity contribution in [3.8, 4) is 0 Å². The molecule has 1 fully saturated rings. The molecule has 2 N–H and O–H groups in total. The first-order valence-electron chi connectivity index (χ1n) is 9.34. The van der Waals surface area contributed by atoms with Gasteiger partial charge < -0.3 is 15.4 Å². The zero-order chi connectivity index (χ0) is 18.8. The molecule has 7 heteroatoms. The summed E-state index contributed by atoms with van der Waals surface area (Å²) in [6, 6.07) is 6.88. The number of hydrogen-bond donors (Lipinski definition) is 2. The summed E-state index contributed by atoms with van der Waals surface area (Å²) in [7, 11) is -1.42. The van der Waals surface area contributed by atoms with Gasteiger partial charge in [-0.05, 0) is 30.5 Å². The van der Waals surface area contributed by atoms with E-state index >= 15 is 0 Å². The second kappa shape index (κ2) is 10.5. The summed E-state index contributed by atoms with van der Waals surface area (Å²) in [5, 5.41) is 6.47. The molecule has 0 aliphatic heterocycles. The monoisotopic (exact) mass is 381 g/mol. The normalized spacial score (nSPS) is 16.9. The Morgan fingerprint density at radius 2 is 1.77 bits per heavy atom. The van der Waals surface area contributed by atoms with Crippen LogP contribution in [-0.4, -0.2) is 46.9 Å². The number of rotatable bonds is 7. The lowest BCUT2D eigenvalue weighted by Gasteiger charge is -2.17. The lowest BCUT2D eigenvalue weighted by Crippen LogP contribution is -2.38. The highest BCUT2D eigenvalue weighted by molar-refractivity contribution is 7.90. The summed E-state index contributed by atoms with van der Waals surface area (Å²) in [5.74, 6) is 0.710. The summed E-state index contributed by atoms with van der Waals surface area (Å²) < 4.78 is 28.9. The summed E-state index contributed by atoms with van der Waals surface area (Å²) in [6.07, 6.45) is 9.19. The van der Waals surface area contributed by atoms with Gasteiger partial charge in [0, 0.05) is 26.4 Å². The van der Waals surface area contributed by atoms with Crippen LogP contribution in [0.3, 0.4) is 0 Å². The van der Waals surface area contributed by atoms with Crippen molar-refractivity contribution in [3.63, 3.8) is 0 Å². The average Bonchev–Trinajstić information content (AvgIpc) is 2.89. The number of aliphatic imine (C=N–C) groups is 1. The van der Waals surface area contributed by atoms with Crippen LogP contribution in [0, 0.1) is 0 Å². The number of hydrogen-bond acceptors (Lipinski definition) is 4. The average molecular weight is 382 g/mol. The van der Waals surface area contributed by atoms with E-state index in [1.54, 1.807) is 19.2 Å². The Morgan fingerprint density at radius 3 is 2.35 bits per heavy atom. The molecule has 1 aliphatic carbocycles. The van der Waals surface area contributed by atoms with Crippen molar-refractivity contribution in [1.29, 1.82) is 0 Å². The molecule has 0 amide bonds. The van der Waals surface area contributed by atoms with Gasteiger partial charge in [-0.2, -0.15) is 0 Å². The van der Waals surface area contributed by atoms with E-state index < -0.39 is 9.84 Å². The van der Waals surface area contributed by atoms with Gasteiger partial charge in [-0.3, -0.25) is 4.99 Å². The molecule has 0 radical (unpaired) electrons. The van der Waals surface area contributed by atoms with Gasteiger partial charge in [0.25, 0.3) is 0 Å². The van der Waals surface area contributed by atoms with Gasteiger partial charge in [0.15, 0.2) is 15.8 Å². The quantitative estimate of drug-likeness (QED) is 0.328. The van der Waals surface area contributed by atoms with Crippen LogP contribution in [0.4, 0.5) is 0 Å². The molecule has 6 nitrogen and oxygen atoms in total. The van der Waals surface area contributed by atoms with E-state index in [1.165, 1.54) is 44.8 Å². The van der Waals surface area contributed by atoms with Crippen LogP contribution < -0.4 is 10.6 Å². The highest BCUT2D eigenvalue weighted by Gasteiger charge is 2.12. The summed E-state index contributed by atoms with van der Waals surface area (Å²) >= 11 is 0. The first kappa shape index (κ1) is 20.7. The Hall–Kier alpha value is -1.60. The molecule has 26 heavy (non-hydrogen) atoms. The van der Waals surface area contributed by atoms with Crippen molar-refractivity contribution in [1.82, 2.24) is 10.6 Å². The standard InChI is InChI=1S/C19H31N3O3S/c1-20-19(21-13-14-25-17-7-5-3-4-6-8-17)22-15-16-9-11-18(12-10-16)26(2,23)24/h9-12,17H,3-8,13-15H2,1-2H3,(H2,20,21,22). The van der Waals surface area contributed by atoms with E-state index in [2.05, 4.69) is 15.6 Å². The van der Waals surface area contributed by atoms with Gasteiger partial charge in [0.2, 0.25) is 0 Å². The minimum Gasteiger partial charge on any atom is -0.376 e. The molecular formula is C19H31N3O3S. The van der Waals surface area contributed by atoms with Crippen LogP contribution in [0.2, 0.25) is 0 Å². The highest BCUT2D eigenvalue weighted by Crippen LogP contribution is 2.19. The van der Waals surface area contributed by atoms with Crippen molar-refractivity contribution in [2.45, 2.75) is 56.1 Å². The molecule has 1 aromatic carbocycles. The van der Waals surface area contributed by atoms with Gasteiger partial charge in [-0.15, -0.1) is 0 Å². The zero-order valence-corrected chi connectivity index (χ0v) is 16.6. The Morgan fingerprint density at radius 1 is 1.12 bits per heavy atom. The van der Waals surface area contributed by atoms with Gasteiger partial charge >= 0.3 is 0 Å². The minimum absolute atomic E-state index is 0.333. The Labute approximate surface area is 157 Å². The lowest BCUT2D eigenvalue weighted by molar-refractivity contribution is 0.0468. The maximum absolute atomic E-state index is 11.5. The molecule has 0 heterocycles. The van der Waals surface area contributed by atoms with Gasteiger partial charge in [-0.1, -0.05) is 37.8 Å². The molecule has 0 atom stereocenters. The predicted octanol–water partition coefficient (Wildman–Crippen LogP) is 2.49. The first-order chi connectivity index (χ1) is 12.5. The molecule has 146 valence electrons. The van der Waals surface area contributed by atoms with Gasteiger partial charge in [-0.25, -0.2) is 8.42 Å². The molecule has 0 unspecified atom stereocenters. The topological polar surface area (TPSA) is 79.8 Å². The second-order valence-electron chi connectivity index (χ2n) is 6.75. The third-order valence-corrected chi connectivity index (χ3v) is 5.71. The van der Waals surface area contributed by atoms with E-state index in [1.807, 2.05) is 12.1 Å². The van der Waals surface area contributed by atoms with E-state index in [4.69, 9.17) is 4.74 Å². The molecule has 2 rings (SSSR count). The van der Waals surface area contributed by atoms with Crippen molar-refractivity contribution in [3.05, 3.63) is 29.8 Å². The minimum atomic E-state index is -3.15. The highest BCUT2D eigenvalue weighted by atomic mass is 32.2. The molecule has 1 aromatic rings. The largest absolute Gasteiger partial charge is 0.376 e. The van der Waals surface area contributed by atoms with Crippen molar-refractivity contribution < 1.29 is 13.2 Å². The maximum Gasteiger partial charge on any atom is 0.191 e. The van der Waals surface area contributed by atoms with Crippen LogP contribution in [0.5, 0.6) is 0 Å². The number of nitrogens with zero attached hydrogens (tertiary/aromatic N) is 1. The summed E-state index contributed by atoms with van der Waals surface area (Å²) in [4.78, 5) is 4.54.